The Hall–Kier alpha value is -1.98. The SMILES string of the molecule is COC(=O)C[C@H](c1c[nH]c2ccccc12)C(F)(F)F. The molecule has 0 fully saturated rings. The fraction of sp³-hybridized carbons (Fsp3) is 0.308. The predicted octanol–water partition coefficient (Wildman–Crippen LogP) is 3.38. The summed E-state index contributed by atoms with van der Waals surface area (Å²) >= 11 is 0. The van der Waals surface area contributed by atoms with E-state index in [1.54, 1.807) is 24.3 Å². The van der Waals surface area contributed by atoms with Crippen LogP contribution in [0.1, 0.15) is 17.9 Å². The molecule has 0 unspecified atom stereocenters. The number of ether oxygens (including phenoxy) is 1. The number of alkyl halides is 3. The zero-order valence-electron chi connectivity index (χ0n) is 10.1. The van der Waals surface area contributed by atoms with Crippen molar-refractivity contribution in [2.45, 2.75) is 18.5 Å². The number of hydrogen-bond donors (Lipinski definition) is 1. The fourth-order valence-corrected chi connectivity index (χ4v) is 2.03. The quantitative estimate of drug-likeness (QED) is 0.869. The highest BCUT2D eigenvalue weighted by molar-refractivity contribution is 5.84. The van der Waals surface area contributed by atoms with Gasteiger partial charge in [0, 0.05) is 17.1 Å². The number of fused-ring (bicyclic) bond motifs is 1. The van der Waals surface area contributed by atoms with Crippen LogP contribution in [0.5, 0.6) is 0 Å². The molecule has 0 amide bonds. The second-order valence-electron chi connectivity index (χ2n) is 4.16. The van der Waals surface area contributed by atoms with E-state index >= 15 is 0 Å². The van der Waals surface area contributed by atoms with Crippen molar-refractivity contribution in [2.24, 2.45) is 0 Å². The number of nitrogens with one attached hydrogen (secondary N) is 1. The van der Waals surface area contributed by atoms with Gasteiger partial charge in [-0.2, -0.15) is 13.2 Å². The minimum atomic E-state index is -4.50. The zero-order valence-corrected chi connectivity index (χ0v) is 10.1. The van der Waals surface area contributed by atoms with Crippen LogP contribution in [0.3, 0.4) is 0 Å². The second-order valence-corrected chi connectivity index (χ2v) is 4.16. The number of halogens is 3. The van der Waals surface area contributed by atoms with E-state index in [4.69, 9.17) is 0 Å². The molecule has 102 valence electrons. The van der Waals surface area contributed by atoms with E-state index < -0.39 is 24.5 Å². The van der Waals surface area contributed by atoms with Crippen LogP contribution in [-0.2, 0) is 9.53 Å². The Kier molecular flexibility index (Phi) is 3.50. The molecule has 6 heteroatoms. The fourth-order valence-electron chi connectivity index (χ4n) is 2.03. The molecule has 1 N–H and O–H groups in total. The largest absolute Gasteiger partial charge is 0.469 e. The molecule has 2 rings (SSSR count). The summed E-state index contributed by atoms with van der Waals surface area (Å²) < 4.78 is 43.6. The first-order valence-corrected chi connectivity index (χ1v) is 5.63. The highest BCUT2D eigenvalue weighted by Gasteiger charge is 2.43. The number of carbonyl (C=O) groups excluding carboxylic acids is 1. The molecule has 0 radical (unpaired) electrons. The molecule has 3 nitrogen and oxygen atoms in total. The summed E-state index contributed by atoms with van der Waals surface area (Å²) in [5, 5.41) is 0.466. The maximum absolute atomic E-state index is 13.1. The van der Waals surface area contributed by atoms with Crippen molar-refractivity contribution in [3.05, 3.63) is 36.0 Å². The maximum Gasteiger partial charge on any atom is 0.396 e. The molecule has 2 aromatic rings. The lowest BCUT2D eigenvalue weighted by molar-refractivity contribution is -0.164. The van der Waals surface area contributed by atoms with E-state index in [1.165, 1.54) is 6.20 Å². The monoisotopic (exact) mass is 271 g/mol. The molecule has 0 saturated heterocycles. The predicted molar refractivity (Wildman–Crippen MR) is 63.7 cm³/mol. The lowest BCUT2D eigenvalue weighted by Gasteiger charge is -2.18. The van der Waals surface area contributed by atoms with Gasteiger partial charge in [-0.25, -0.2) is 0 Å². The van der Waals surface area contributed by atoms with Crippen LogP contribution in [0.4, 0.5) is 13.2 Å². The van der Waals surface area contributed by atoms with Crippen molar-refractivity contribution < 1.29 is 22.7 Å². The molecular formula is C13H12F3NO2. The van der Waals surface area contributed by atoms with Gasteiger partial charge in [0.05, 0.1) is 19.4 Å². The summed E-state index contributed by atoms with van der Waals surface area (Å²) in [4.78, 5) is 13.9. The van der Waals surface area contributed by atoms with Crippen molar-refractivity contribution in [3.63, 3.8) is 0 Å². The van der Waals surface area contributed by atoms with E-state index in [9.17, 15) is 18.0 Å². The van der Waals surface area contributed by atoms with Crippen LogP contribution in [0, 0.1) is 0 Å². The van der Waals surface area contributed by atoms with Crippen molar-refractivity contribution in [1.82, 2.24) is 4.98 Å². The second kappa shape index (κ2) is 4.95. The number of H-pyrrole nitrogens is 1. The Morgan fingerprint density at radius 2 is 2.05 bits per heavy atom. The van der Waals surface area contributed by atoms with Gasteiger partial charge in [-0.1, -0.05) is 18.2 Å². The Labute approximate surface area is 107 Å². The van der Waals surface area contributed by atoms with Crippen LogP contribution in [0.25, 0.3) is 10.9 Å². The summed E-state index contributed by atoms with van der Waals surface area (Å²) in [5.74, 6) is -2.75. The molecule has 0 bridgehead atoms. The van der Waals surface area contributed by atoms with E-state index in [0.717, 1.165) is 7.11 Å². The molecule has 0 aliphatic rings. The number of para-hydroxylation sites is 1. The minimum Gasteiger partial charge on any atom is -0.469 e. The van der Waals surface area contributed by atoms with E-state index in [-0.39, 0.29) is 5.56 Å². The standard InChI is InChI=1S/C13H12F3NO2/c1-19-12(18)6-10(13(14,15)16)9-7-17-11-5-3-2-4-8(9)11/h2-5,7,10,17H,6H2,1H3/t10-/m1/s1. The number of aromatic amines is 1. The first-order chi connectivity index (χ1) is 8.93. The summed E-state index contributed by atoms with van der Waals surface area (Å²) in [6.45, 7) is 0. The number of benzene rings is 1. The lowest BCUT2D eigenvalue weighted by atomic mass is 9.94. The van der Waals surface area contributed by atoms with E-state index in [1.807, 2.05) is 0 Å². The van der Waals surface area contributed by atoms with Crippen LogP contribution < -0.4 is 0 Å². The average molecular weight is 271 g/mol. The minimum absolute atomic E-state index is 0.0634. The highest BCUT2D eigenvalue weighted by Crippen LogP contribution is 2.40. The molecule has 19 heavy (non-hydrogen) atoms. The molecule has 0 aliphatic carbocycles. The van der Waals surface area contributed by atoms with Gasteiger partial charge in [0.2, 0.25) is 0 Å². The Morgan fingerprint density at radius 3 is 2.68 bits per heavy atom. The summed E-state index contributed by atoms with van der Waals surface area (Å²) in [5.41, 5.74) is 0.671. The normalized spacial score (nSPS) is 13.5. The van der Waals surface area contributed by atoms with E-state index in [0.29, 0.717) is 10.9 Å². The maximum atomic E-state index is 13.1. The van der Waals surface area contributed by atoms with Crippen LogP contribution in [-0.4, -0.2) is 24.2 Å². The van der Waals surface area contributed by atoms with Crippen LogP contribution in [0.2, 0.25) is 0 Å². The van der Waals surface area contributed by atoms with Gasteiger partial charge in [-0.3, -0.25) is 4.79 Å². The molecule has 1 heterocycles. The summed E-state index contributed by atoms with van der Waals surface area (Å²) in [6.07, 6.45) is -3.92. The van der Waals surface area contributed by atoms with Crippen molar-refractivity contribution >= 4 is 16.9 Å². The highest BCUT2D eigenvalue weighted by atomic mass is 19.4. The number of methoxy groups -OCH3 is 1. The summed E-state index contributed by atoms with van der Waals surface area (Å²) in [7, 11) is 1.07. The van der Waals surface area contributed by atoms with E-state index in [2.05, 4.69) is 9.72 Å². The first kappa shape index (κ1) is 13.5. The third kappa shape index (κ3) is 2.72. The topological polar surface area (TPSA) is 42.1 Å². The molecule has 0 spiro atoms. The molecule has 1 atom stereocenters. The van der Waals surface area contributed by atoms with Crippen molar-refractivity contribution in [1.29, 1.82) is 0 Å². The molecule has 0 saturated carbocycles. The van der Waals surface area contributed by atoms with Gasteiger partial charge in [0.15, 0.2) is 0 Å². The number of esters is 1. The van der Waals surface area contributed by atoms with Crippen LogP contribution >= 0.6 is 0 Å². The van der Waals surface area contributed by atoms with Gasteiger partial charge in [-0.05, 0) is 11.6 Å². The zero-order chi connectivity index (χ0) is 14.0. The van der Waals surface area contributed by atoms with Gasteiger partial charge in [-0.15, -0.1) is 0 Å². The van der Waals surface area contributed by atoms with Gasteiger partial charge < -0.3 is 9.72 Å². The molecule has 1 aromatic heterocycles. The third-order valence-electron chi connectivity index (χ3n) is 2.99. The van der Waals surface area contributed by atoms with Gasteiger partial charge in [0.1, 0.15) is 0 Å². The Balaban J connectivity index is 2.46. The van der Waals surface area contributed by atoms with Crippen molar-refractivity contribution in [3.8, 4) is 0 Å². The molecule has 1 aromatic carbocycles. The van der Waals surface area contributed by atoms with Gasteiger partial charge >= 0.3 is 12.1 Å². The first-order valence-electron chi connectivity index (χ1n) is 5.63. The number of hydrogen-bond acceptors (Lipinski definition) is 2. The number of rotatable bonds is 3. The van der Waals surface area contributed by atoms with Gasteiger partial charge in [0.25, 0.3) is 0 Å². The third-order valence-corrected chi connectivity index (χ3v) is 2.99. The number of aromatic nitrogens is 1. The molecule has 0 aliphatic heterocycles. The summed E-state index contributed by atoms with van der Waals surface area (Å²) in [6, 6.07) is 6.67. The smallest absolute Gasteiger partial charge is 0.396 e. The Morgan fingerprint density at radius 1 is 1.37 bits per heavy atom. The number of carbonyl (C=O) groups is 1. The van der Waals surface area contributed by atoms with Crippen molar-refractivity contribution in [2.75, 3.05) is 7.11 Å². The van der Waals surface area contributed by atoms with Crippen LogP contribution in [0.15, 0.2) is 30.5 Å². The lowest BCUT2D eigenvalue weighted by Crippen LogP contribution is -2.24. The Bertz CT molecular complexity index is 589. The average Bonchev–Trinajstić information content (AvgIpc) is 2.78. The molecular weight excluding hydrogens is 259 g/mol.